The first-order valence-electron chi connectivity index (χ1n) is 3.99. The minimum absolute atomic E-state index is 0.456. The summed E-state index contributed by atoms with van der Waals surface area (Å²) in [7, 11) is 1.64. The van der Waals surface area contributed by atoms with Crippen LogP contribution in [0.15, 0.2) is 17.0 Å². The van der Waals surface area contributed by atoms with Gasteiger partial charge >= 0.3 is 0 Å². The molecule has 0 bridgehead atoms. The van der Waals surface area contributed by atoms with Crippen molar-refractivity contribution in [1.29, 1.82) is 0 Å². The van der Waals surface area contributed by atoms with Gasteiger partial charge in [-0.05, 0) is 22.0 Å². The lowest BCUT2D eigenvalue weighted by molar-refractivity contribution is 0.186. The summed E-state index contributed by atoms with van der Waals surface area (Å²) in [6, 6.07) is 1.92. The summed E-state index contributed by atoms with van der Waals surface area (Å²) in [6.45, 7) is 0.493. The van der Waals surface area contributed by atoms with Gasteiger partial charge in [0.05, 0.1) is 6.61 Å². The molecule has 0 aliphatic heterocycles. The Morgan fingerprint density at radius 1 is 1.64 bits per heavy atom. The van der Waals surface area contributed by atoms with Gasteiger partial charge in [0, 0.05) is 12.7 Å². The van der Waals surface area contributed by atoms with Crippen LogP contribution in [0.5, 0.6) is 0 Å². The van der Waals surface area contributed by atoms with Gasteiger partial charge < -0.3 is 10.5 Å². The molecule has 0 aliphatic rings. The number of aromatic nitrogens is 3. The van der Waals surface area contributed by atoms with Crippen LogP contribution in [0.1, 0.15) is 5.56 Å². The van der Waals surface area contributed by atoms with Gasteiger partial charge in [-0.3, -0.25) is 0 Å². The first-order chi connectivity index (χ1) is 6.74. The van der Waals surface area contributed by atoms with Gasteiger partial charge in [0.15, 0.2) is 5.82 Å². The topological polar surface area (TPSA) is 65.4 Å². The van der Waals surface area contributed by atoms with Crippen molar-refractivity contribution >= 4 is 27.3 Å². The van der Waals surface area contributed by atoms with Crippen LogP contribution in [-0.4, -0.2) is 21.7 Å². The number of nitrogens with zero attached hydrogens (tertiary/aromatic N) is 3. The van der Waals surface area contributed by atoms with E-state index in [-0.39, 0.29) is 0 Å². The summed E-state index contributed by atoms with van der Waals surface area (Å²) < 4.78 is 7.59. The Balaban J connectivity index is 2.72. The average molecular weight is 257 g/mol. The zero-order chi connectivity index (χ0) is 10.1. The molecule has 6 heteroatoms. The summed E-state index contributed by atoms with van der Waals surface area (Å²) in [6.07, 6.45) is 1.42. The number of nitrogen functional groups attached to an aromatic ring is 1. The highest BCUT2D eigenvalue weighted by Gasteiger charge is 2.10. The van der Waals surface area contributed by atoms with Gasteiger partial charge in [-0.1, -0.05) is 0 Å². The van der Waals surface area contributed by atoms with Crippen LogP contribution >= 0.6 is 15.9 Å². The van der Waals surface area contributed by atoms with Crippen molar-refractivity contribution in [3.05, 3.63) is 22.6 Å². The first-order valence-corrected chi connectivity index (χ1v) is 4.79. The Morgan fingerprint density at radius 2 is 2.43 bits per heavy atom. The Labute approximate surface area is 89.0 Å². The summed E-state index contributed by atoms with van der Waals surface area (Å²) in [5.74, 6) is 0.456. The molecular formula is C8H9BrN4O. The molecule has 2 aromatic rings. The third kappa shape index (κ3) is 1.36. The molecule has 2 rings (SSSR count). The van der Waals surface area contributed by atoms with Crippen LogP contribution in [-0.2, 0) is 11.3 Å². The van der Waals surface area contributed by atoms with Crippen molar-refractivity contribution in [2.45, 2.75) is 6.61 Å². The molecule has 74 valence electrons. The summed E-state index contributed by atoms with van der Waals surface area (Å²) >= 11 is 3.38. The maximum Gasteiger partial charge on any atom is 0.151 e. The summed E-state index contributed by atoms with van der Waals surface area (Å²) in [5.41, 5.74) is 7.51. The van der Waals surface area contributed by atoms with Crippen LogP contribution in [0.3, 0.4) is 0 Å². The number of fused-ring (bicyclic) bond motifs is 1. The Hall–Kier alpha value is -1.14. The van der Waals surface area contributed by atoms with Crippen LogP contribution in [0, 0.1) is 0 Å². The molecule has 0 spiro atoms. The molecule has 2 aromatic heterocycles. The van der Waals surface area contributed by atoms with Crippen molar-refractivity contribution in [2.75, 3.05) is 12.8 Å². The number of hydrogen-bond donors (Lipinski definition) is 1. The lowest BCUT2D eigenvalue weighted by atomic mass is 10.3. The smallest absolute Gasteiger partial charge is 0.151 e. The number of halogens is 1. The second-order valence-corrected chi connectivity index (χ2v) is 3.64. The van der Waals surface area contributed by atoms with E-state index in [9.17, 15) is 0 Å². The molecule has 14 heavy (non-hydrogen) atoms. The van der Waals surface area contributed by atoms with Gasteiger partial charge in [-0.15, -0.1) is 0 Å². The van der Waals surface area contributed by atoms with E-state index in [0.29, 0.717) is 12.4 Å². The van der Waals surface area contributed by atoms with E-state index in [4.69, 9.17) is 10.5 Å². The standard InChI is InChI=1S/C8H9BrN4O/c1-14-3-5-2-6(9)13-7(5)8(10)11-4-12-13/h2,4H,3H2,1H3,(H2,10,11,12). The second kappa shape index (κ2) is 3.55. The highest BCUT2D eigenvalue weighted by molar-refractivity contribution is 9.10. The molecule has 0 fully saturated rings. The molecular weight excluding hydrogens is 248 g/mol. The highest BCUT2D eigenvalue weighted by Crippen LogP contribution is 2.23. The van der Waals surface area contributed by atoms with Gasteiger partial charge in [0.25, 0.3) is 0 Å². The van der Waals surface area contributed by atoms with Crippen LogP contribution in [0.25, 0.3) is 5.52 Å². The van der Waals surface area contributed by atoms with E-state index >= 15 is 0 Å². The lowest BCUT2D eigenvalue weighted by Crippen LogP contribution is -2.00. The average Bonchev–Trinajstić information content (AvgIpc) is 2.46. The Bertz CT molecular complexity index is 468. The normalized spacial score (nSPS) is 11.0. The molecule has 5 nitrogen and oxygen atoms in total. The van der Waals surface area contributed by atoms with Gasteiger partial charge in [0.2, 0.25) is 0 Å². The monoisotopic (exact) mass is 256 g/mol. The van der Waals surface area contributed by atoms with Crippen molar-refractivity contribution in [2.24, 2.45) is 0 Å². The van der Waals surface area contributed by atoms with E-state index in [2.05, 4.69) is 26.0 Å². The molecule has 2 heterocycles. The van der Waals surface area contributed by atoms with Gasteiger partial charge in [-0.2, -0.15) is 5.10 Å². The van der Waals surface area contributed by atoms with E-state index < -0.39 is 0 Å². The number of anilines is 1. The fraction of sp³-hybridized carbons (Fsp3) is 0.250. The predicted octanol–water partition coefficient (Wildman–Crippen LogP) is 1.22. The van der Waals surface area contributed by atoms with E-state index in [0.717, 1.165) is 15.7 Å². The summed E-state index contributed by atoms with van der Waals surface area (Å²) in [4.78, 5) is 3.93. The third-order valence-corrected chi connectivity index (χ3v) is 2.48. The summed E-state index contributed by atoms with van der Waals surface area (Å²) in [5, 5.41) is 4.07. The quantitative estimate of drug-likeness (QED) is 0.878. The molecule has 0 aromatic carbocycles. The maximum absolute atomic E-state index is 5.75. The third-order valence-electron chi connectivity index (χ3n) is 1.92. The van der Waals surface area contributed by atoms with E-state index in [1.807, 2.05) is 6.07 Å². The number of nitrogens with two attached hydrogens (primary N) is 1. The van der Waals surface area contributed by atoms with Crippen molar-refractivity contribution < 1.29 is 4.74 Å². The van der Waals surface area contributed by atoms with Gasteiger partial charge in [-0.25, -0.2) is 9.50 Å². The maximum atomic E-state index is 5.75. The minimum Gasteiger partial charge on any atom is -0.382 e. The number of ether oxygens (including phenoxy) is 1. The SMILES string of the molecule is COCc1cc(Br)n2ncnc(N)c12. The zero-order valence-corrected chi connectivity index (χ0v) is 9.15. The minimum atomic E-state index is 0.456. The highest BCUT2D eigenvalue weighted by atomic mass is 79.9. The van der Waals surface area contributed by atoms with Crippen LogP contribution in [0.2, 0.25) is 0 Å². The van der Waals surface area contributed by atoms with Crippen molar-refractivity contribution in [3.8, 4) is 0 Å². The van der Waals surface area contributed by atoms with Crippen LogP contribution in [0.4, 0.5) is 5.82 Å². The molecule has 0 radical (unpaired) electrons. The molecule has 0 amide bonds. The number of methoxy groups -OCH3 is 1. The Morgan fingerprint density at radius 3 is 3.14 bits per heavy atom. The molecule has 0 saturated carbocycles. The Kier molecular flexibility index (Phi) is 2.39. The van der Waals surface area contributed by atoms with Gasteiger partial charge in [0.1, 0.15) is 16.4 Å². The number of rotatable bonds is 2. The zero-order valence-electron chi connectivity index (χ0n) is 7.57. The molecule has 0 unspecified atom stereocenters. The fourth-order valence-electron chi connectivity index (χ4n) is 1.37. The predicted molar refractivity (Wildman–Crippen MR) is 55.8 cm³/mol. The molecule has 2 N–H and O–H groups in total. The second-order valence-electron chi connectivity index (χ2n) is 2.83. The largest absolute Gasteiger partial charge is 0.382 e. The molecule has 0 saturated heterocycles. The van der Waals surface area contributed by atoms with Crippen molar-refractivity contribution in [3.63, 3.8) is 0 Å². The van der Waals surface area contributed by atoms with E-state index in [1.165, 1.54) is 6.33 Å². The van der Waals surface area contributed by atoms with Crippen molar-refractivity contribution in [1.82, 2.24) is 14.6 Å². The number of hydrogen-bond acceptors (Lipinski definition) is 4. The molecule has 0 atom stereocenters. The fourth-order valence-corrected chi connectivity index (χ4v) is 1.91. The van der Waals surface area contributed by atoms with Crippen LogP contribution < -0.4 is 5.73 Å². The first kappa shape index (κ1) is 9.42. The van der Waals surface area contributed by atoms with E-state index in [1.54, 1.807) is 11.6 Å². The lowest BCUT2D eigenvalue weighted by Gasteiger charge is -2.00. The molecule has 0 aliphatic carbocycles.